The lowest BCUT2D eigenvalue weighted by Gasteiger charge is -2.10. The van der Waals surface area contributed by atoms with Gasteiger partial charge in [-0.1, -0.05) is 0 Å². The molecule has 0 aliphatic carbocycles. The van der Waals surface area contributed by atoms with Crippen LogP contribution in [0.2, 0.25) is 0 Å². The van der Waals surface area contributed by atoms with Gasteiger partial charge in [0, 0.05) is 25.4 Å². The summed E-state index contributed by atoms with van der Waals surface area (Å²) >= 11 is 0. The van der Waals surface area contributed by atoms with Crippen LogP contribution in [0.15, 0.2) is 12.4 Å². The van der Waals surface area contributed by atoms with E-state index in [1.807, 2.05) is 13.8 Å². The van der Waals surface area contributed by atoms with Crippen molar-refractivity contribution in [3.8, 4) is 0 Å². The molecule has 1 saturated heterocycles. The van der Waals surface area contributed by atoms with Crippen molar-refractivity contribution < 1.29 is 14.3 Å². The maximum absolute atomic E-state index is 11.7. The van der Waals surface area contributed by atoms with Crippen LogP contribution in [0.25, 0.3) is 0 Å². The number of amides is 2. The average molecular weight is 280 g/mol. The van der Waals surface area contributed by atoms with E-state index in [4.69, 9.17) is 4.74 Å². The first-order valence-corrected chi connectivity index (χ1v) is 6.81. The summed E-state index contributed by atoms with van der Waals surface area (Å²) in [6, 6.07) is 0.203. The fourth-order valence-corrected chi connectivity index (χ4v) is 1.96. The van der Waals surface area contributed by atoms with Gasteiger partial charge >= 0.3 is 11.8 Å². The summed E-state index contributed by atoms with van der Waals surface area (Å²) in [7, 11) is 0. The number of hydrogen-bond donors (Lipinski definition) is 2. The van der Waals surface area contributed by atoms with E-state index in [0.717, 1.165) is 19.4 Å². The zero-order chi connectivity index (χ0) is 14.5. The average Bonchev–Trinajstić information content (AvgIpc) is 3.06. The number of aromatic nitrogens is 2. The van der Waals surface area contributed by atoms with Gasteiger partial charge < -0.3 is 15.4 Å². The van der Waals surface area contributed by atoms with Crippen molar-refractivity contribution in [3.63, 3.8) is 0 Å². The van der Waals surface area contributed by atoms with Crippen LogP contribution in [0, 0.1) is 0 Å². The Morgan fingerprint density at radius 1 is 1.50 bits per heavy atom. The lowest BCUT2D eigenvalue weighted by Crippen LogP contribution is -2.39. The standard InChI is InChI=1S/C13H20N4O3/c1-9(2)17-8-10(6-15-17)16-13(19)12(18)14-7-11-4-3-5-20-11/h6,8-9,11H,3-5,7H2,1-2H3,(H,14,18)(H,16,19)/t11-/m1/s1. The van der Waals surface area contributed by atoms with E-state index in [9.17, 15) is 9.59 Å². The van der Waals surface area contributed by atoms with Gasteiger partial charge in [0.2, 0.25) is 0 Å². The van der Waals surface area contributed by atoms with Crippen LogP contribution < -0.4 is 10.6 Å². The Bertz CT molecular complexity index is 478. The number of nitrogens with zero attached hydrogens (tertiary/aromatic N) is 2. The van der Waals surface area contributed by atoms with E-state index >= 15 is 0 Å². The maximum Gasteiger partial charge on any atom is 0.313 e. The summed E-state index contributed by atoms with van der Waals surface area (Å²) in [5.41, 5.74) is 0.510. The van der Waals surface area contributed by atoms with E-state index in [2.05, 4.69) is 15.7 Å². The summed E-state index contributed by atoms with van der Waals surface area (Å²) in [6.45, 7) is 5.05. The van der Waals surface area contributed by atoms with E-state index in [0.29, 0.717) is 12.2 Å². The van der Waals surface area contributed by atoms with Gasteiger partial charge in [0.1, 0.15) is 0 Å². The molecule has 1 aromatic heterocycles. The van der Waals surface area contributed by atoms with Crippen LogP contribution >= 0.6 is 0 Å². The van der Waals surface area contributed by atoms with E-state index in [1.165, 1.54) is 6.20 Å². The first-order valence-electron chi connectivity index (χ1n) is 6.81. The van der Waals surface area contributed by atoms with Gasteiger partial charge in [0.25, 0.3) is 0 Å². The minimum Gasteiger partial charge on any atom is -0.376 e. The summed E-state index contributed by atoms with van der Waals surface area (Å²) < 4.78 is 7.08. The van der Waals surface area contributed by atoms with Crippen molar-refractivity contribution in [1.29, 1.82) is 0 Å². The molecular weight excluding hydrogens is 260 g/mol. The minimum atomic E-state index is -0.689. The van der Waals surface area contributed by atoms with Crippen molar-refractivity contribution in [2.24, 2.45) is 0 Å². The van der Waals surface area contributed by atoms with E-state index < -0.39 is 11.8 Å². The molecule has 1 aliphatic rings. The van der Waals surface area contributed by atoms with Gasteiger partial charge in [-0.25, -0.2) is 0 Å². The fourth-order valence-electron chi connectivity index (χ4n) is 1.96. The van der Waals surface area contributed by atoms with Crippen molar-refractivity contribution in [2.45, 2.75) is 38.8 Å². The van der Waals surface area contributed by atoms with E-state index in [-0.39, 0.29) is 12.1 Å². The number of anilines is 1. The predicted molar refractivity (Wildman–Crippen MR) is 73.2 cm³/mol. The highest BCUT2D eigenvalue weighted by Gasteiger charge is 2.19. The summed E-state index contributed by atoms with van der Waals surface area (Å²) in [5.74, 6) is -1.34. The Morgan fingerprint density at radius 2 is 2.30 bits per heavy atom. The van der Waals surface area contributed by atoms with Crippen molar-refractivity contribution in [1.82, 2.24) is 15.1 Å². The molecule has 2 amide bonds. The van der Waals surface area contributed by atoms with Gasteiger partial charge in [-0.15, -0.1) is 0 Å². The molecule has 1 atom stereocenters. The predicted octanol–water partition coefficient (Wildman–Crippen LogP) is 0.698. The molecule has 110 valence electrons. The minimum absolute atomic E-state index is 0.0236. The Balaban J connectivity index is 1.79. The van der Waals surface area contributed by atoms with Crippen molar-refractivity contribution in [2.75, 3.05) is 18.5 Å². The van der Waals surface area contributed by atoms with E-state index in [1.54, 1.807) is 10.9 Å². The normalized spacial score (nSPS) is 18.2. The lowest BCUT2D eigenvalue weighted by atomic mass is 10.2. The third kappa shape index (κ3) is 3.80. The Kier molecular flexibility index (Phi) is 4.73. The largest absolute Gasteiger partial charge is 0.376 e. The highest BCUT2D eigenvalue weighted by atomic mass is 16.5. The van der Waals surface area contributed by atoms with Gasteiger partial charge in [-0.2, -0.15) is 5.10 Å². The molecular formula is C13H20N4O3. The van der Waals surface area contributed by atoms with Crippen LogP contribution in [0.5, 0.6) is 0 Å². The molecule has 20 heavy (non-hydrogen) atoms. The topological polar surface area (TPSA) is 85.2 Å². The molecule has 0 saturated carbocycles. The number of ether oxygens (including phenoxy) is 1. The fraction of sp³-hybridized carbons (Fsp3) is 0.615. The molecule has 2 rings (SSSR count). The lowest BCUT2D eigenvalue weighted by molar-refractivity contribution is -0.136. The second-order valence-corrected chi connectivity index (χ2v) is 5.10. The highest BCUT2D eigenvalue weighted by Crippen LogP contribution is 2.11. The second kappa shape index (κ2) is 6.51. The SMILES string of the molecule is CC(C)n1cc(NC(=O)C(=O)NC[C@H]2CCCO2)cn1. The van der Waals surface area contributed by atoms with Gasteiger partial charge in [0.15, 0.2) is 0 Å². The summed E-state index contributed by atoms with van der Waals surface area (Å²) in [5, 5.41) is 9.18. The highest BCUT2D eigenvalue weighted by molar-refractivity contribution is 6.39. The molecule has 2 heterocycles. The number of carbonyl (C=O) groups excluding carboxylic acids is 2. The molecule has 7 heteroatoms. The van der Waals surface area contributed by atoms with Crippen molar-refractivity contribution >= 4 is 17.5 Å². The Hall–Kier alpha value is -1.89. The third-order valence-corrected chi connectivity index (χ3v) is 3.11. The zero-order valence-corrected chi connectivity index (χ0v) is 11.8. The number of nitrogens with one attached hydrogen (secondary N) is 2. The molecule has 0 aromatic carbocycles. The van der Waals surface area contributed by atoms with Crippen LogP contribution in [-0.2, 0) is 14.3 Å². The molecule has 1 aliphatic heterocycles. The number of rotatable bonds is 4. The quantitative estimate of drug-likeness (QED) is 0.795. The molecule has 0 bridgehead atoms. The Morgan fingerprint density at radius 3 is 2.90 bits per heavy atom. The third-order valence-electron chi connectivity index (χ3n) is 3.11. The van der Waals surface area contributed by atoms with Gasteiger partial charge in [-0.05, 0) is 26.7 Å². The van der Waals surface area contributed by atoms with Crippen molar-refractivity contribution in [3.05, 3.63) is 12.4 Å². The molecule has 1 fully saturated rings. The van der Waals surface area contributed by atoms with Crippen LogP contribution in [0.4, 0.5) is 5.69 Å². The molecule has 7 nitrogen and oxygen atoms in total. The van der Waals surface area contributed by atoms with Crippen LogP contribution in [0.3, 0.4) is 0 Å². The monoisotopic (exact) mass is 280 g/mol. The zero-order valence-electron chi connectivity index (χ0n) is 11.8. The Labute approximate surface area is 117 Å². The smallest absolute Gasteiger partial charge is 0.313 e. The molecule has 0 spiro atoms. The first-order chi connectivity index (χ1) is 9.56. The molecule has 0 unspecified atom stereocenters. The van der Waals surface area contributed by atoms with Crippen LogP contribution in [-0.4, -0.2) is 40.9 Å². The van der Waals surface area contributed by atoms with Gasteiger partial charge in [0.05, 0.1) is 18.0 Å². The molecule has 0 radical (unpaired) electrons. The molecule has 1 aromatic rings. The maximum atomic E-state index is 11.7. The molecule has 2 N–H and O–H groups in total. The summed E-state index contributed by atoms with van der Waals surface area (Å²) in [6.07, 6.45) is 5.15. The van der Waals surface area contributed by atoms with Gasteiger partial charge in [-0.3, -0.25) is 14.3 Å². The first kappa shape index (κ1) is 14.5. The second-order valence-electron chi connectivity index (χ2n) is 5.10. The summed E-state index contributed by atoms with van der Waals surface area (Å²) in [4.78, 5) is 23.3. The number of hydrogen-bond acceptors (Lipinski definition) is 4. The number of carbonyl (C=O) groups is 2. The van der Waals surface area contributed by atoms with Crippen LogP contribution in [0.1, 0.15) is 32.7 Å².